The standard InChI is InChI=1S/C25H19ClIN3O5/c1-34-21-13-15(11-19(27)23(21)35-14-22(31)28-17-5-3-2-4-6-17)12-20-24(32)30(25(33)29-20)18-9-7-16(26)8-10-18/h2-13H,14H2,1H3,(H,28,31)(H,29,33)/b20-12+. The smallest absolute Gasteiger partial charge is 0.333 e. The van der Waals surface area contributed by atoms with Crippen LogP contribution in [0.25, 0.3) is 6.08 Å². The van der Waals surface area contributed by atoms with Crippen LogP contribution < -0.4 is 25.0 Å². The average molecular weight is 604 g/mol. The predicted octanol–water partition coefficient (Wildman–Crippen LogP) is 5.07. The third-order valence-electron chi connectivity index (χ3n) is 4.93. The third-order valence-corrected chi connectivity index (χ3v) is 5.98. The fraction of sp³-hybridized carbons (Fsp3) is 0.0800. The minimum Gasteiger partial charge on any atom is -0.493 e. The number of ether oxygens (including phenoxy) is 2. The van der Waals surface area contributed by atoms with Crippen LogP contribution in [0.2, 0.25) is 5.02 Å². The number of carbonyl (C=O) groups excluding carboxylic acids is 3. The molecule has 0 spiro atoms. The van der Waals surface area contributed by atoms with Gasteiger partial charge in [0, 0.05) is 10.7 Å². The number of para-hydroxylation sites is 1. The number of hydrogen-bond donors (Lipinski definition) is 2. The summed E-state index contributed by atoms with van der Waals surface area (Å²) >= 11 is 7.96. The van der Waals surface area contributed by atoms with Crippen LogP contribution >= 0.6 is 34.2 Å². The molecule has 1 fully saturated rings. The molecular formula is C25H19ClIN3O5. The number of anilines is 2. The highest BCUT2D eigenvalue weighted by Crippen LogP contribution is 2.35. The van der Waals surface area contributed by atoms with E-state index in [1.54, 1.807) is 54.6 Å². The lowest BCUT2D eigenvalue weighted by Gasteiger charge is -2.14. The van der Waals surface area contributed by atoms with Crippen LogP contribution in [0.15, 0.2) is 72.4 Å². The summed E-state index contributed by atoms with van der Waals surface area (Å²) < 4.78 is 11.8. The topological polar surface area (TPSA) is 97.0 Å². The molecule has 0 unspecified atom stereocenters. The summed E-state index contributed by atoms with van der Waals surface area (Å²) in [6, 6.07) is 18.3. The maximum atomic E-state index is 12.9. The highest BCUT2D eigenvalue weighted by Gasteiger charge is 2.34. The Morgan fingerprint density at radius 2 is 1.83 bits per heavy atom. The van der Waals surface area contributed by atoms with Gasteiger partial charge in [0.15, 0.2) is 18.1 Å². The average Bonchev–Trinajstić information content (AvgIpc) is 3.11. The van der Waals surface area contributed by atoms with Gasteiger partial charge < -0.3 is 20.1 Å². The van der Waals surface area contributed by atoms with Crippen molar-refractivity contribution in [2.24, 2.45) is 0 Å². The monoisotopic (exact) mass is 603 g/mol. The van der Waals surface area contributed by atoms with Crippen LogP contribution in [0.3, 0.4) is 0 Å². The summed E-state index contributed by atoms with van der Waals surface area (Å²) in [6.45, 7) is -0.216. The van der Waals surface area contributed by atoms with E-state index in [-0.39, 0.29) is 18.2 Å². The van der Waals surface area contributed by atoms with E-state index < -0.39 is 11.9 Å². The molecule has 0 saturated carbocycles. The van der Waals surface area contributed by atoms with E-state index in [0.717, 1.165) is 4.90 Å². The minimum atomic E-state index is -0.561. The molecule has 0 aliphatic carbocycles. The number of urea groups is 1. The Bertz CT molecular complexity index is 1310. The maximum absolute atomic E-state index is 12.9. The molecule has 1 aliphatic heterocycles. The van der Waals surface area contributed by atoms with Crippen molar-refractivity contribution in [1.82, 2.24) is 5.32 Å². The SMILES string of the molecule is COc1cc(/C=C2/NC(=O)N(c3ccc(Cl)cc3)C2=O)cc(I)c1OCC(=O)Nc1ccccc1. The highest BCUT2D eigenvalue weighted by atomic mass is 127. The number of hydrogen-bond acceptors (Lipinski definition) is 5. The van der Waals surface area contributed by atoms with E-state index in [1.807, 2.05) is 18.2 Å². The lowest BCUT2D eigenvalue weighted by molar-refractivity contribution is -0.118. The van der Waals surface area contributed by atoms with E-state index in [9.17, 15) is 14.4 Å². The second-order valence-corrected chi connectivity index (χ2v) is 8.94. The summed E-state index contributed by atoms with van der Waals surface area (Å²) in [7, 11) is 1.48. The van der Waals surface area contributed by atoms with Gasteiger partial charge >= 0.3 is 6.03 Å². The highest BCUT2D eigenvalue weighted by molar-refractivity contribution is 14.1. The van der Waals surface area contributed by atoms with Crippen LogP contribution in [0, 0.1) is 3.57 Å². The van der Waals surface area contributed by atoms with Gasteiger partial charge in [0.05, 0.1) is 16.4 Å². The first kappa shape index (κ1) is 24.6. The number of nitrogens with one attached hydrogen (secondary N) is 2. The quantitative estimate of drug-likeness (QED) is 0.223. The molecule has 1 heterocycles. The summed E-state index contributed by atoms with van der Waals surface area (Å²) in [4.78, 5) is 38.6. The molecule has 2 N–H and O–H groups in total. The number of rotatable bonds is 7. The summed E-state index contributed by atoms with van der Waals surface area (Å²) in [5.41, 5.74) is 1.79. The van der Waals surface area contributed by atoms with Crippen molar-refractivity contribution in [2.45, 2.75) is 0 Å². The Hall–Kier alpha value is -3.57. The zero-order valence-corrected chi connectivity index (χ0v) is 21.3. The van der Waals surface area contributed by atoms with Gasteiger partial charge in [0.2, 0.25) is 0 Å². The second-order valence-electron chi connectivity index (χ2n) is 7.34. The van der Waals surface area contributed by atoms with Gasteiger partial charge in [0.1, 0.15) is 5.70 Å². The first-order chi connectivity index (χ1) is 16.9. The number of nitrogens with zero attached hydrogens (tertiary/aromatic N) is 1. The van der Waals surface area contributed by atoms with Gasteiger partial charge in [-0.15, -0.1) is 0 Å². The van der Waals surface area contributed by atoms with Gasteiger partial charge in [-0.3, -0.25) is 9.59 Å². The number of amides is 4. The molecule has 4 amide bonds. The Labute approximate surface area is 220 Å². The molecule has 10 heteroatoms. The van der Waals surface area contributed by atoms with E-state index >= 15 is 0 Å². The fourth-order valence-corrected chi connectivity index (χ4v) is 4.25. The van der Waals surface area contributed by atoms with Gasteiger partial charge in [-0.1, -0.05) is 29.8 Å². The lowest BCUT2D eigenvalue weighted by atomic mass is 10.1. The first-order valence-corrected chi connectivity index (χ1v) is 11.8. The Morgan fingerprint density at radius 1 is 1.11 bits per heavy atom. The van der Waals surface area contributed by atoms with Crippen LogP contribution in [0.5, 0.6) is 11.5 Å². The van der Waals surface area contributed by atoms with Crippen molar-refractivity contribution in [2.75, 3.05) is 23.9 Å². The molecule has 178 valence electrons. The van der Waals surface area contributed by atoms with Crippen molar-refractivity contribution in [3.8, 4) is 11.5 Å². The number of methoxy groups -OCH3 is 1. The third kappa shape index (κ3) is 5.75. The van der Waals surface area contributed by atoms with Crippen molar-refractivity contribution in [3.63, 3.8) is 0 Å². The molecule has 4 rings (SSSR count). The molecule has 3 aromatic carbocycles. The minimum absolute atomic E-state index is 0.110. The van der Waals surface area contributed by atoms with Crippen LogP contribution in [0.4, 0.5) is 16.2 Å². The van der Waals surface area contributed by atoms with E-state index in [2.05, 4.69) is 33.2 Å². The Kier molecular flexibility index (Phi) is 7.57. The number of benzene rings is 3. The second kappa shape index (κ2) is 10.8. The molecule has 0 radical (unpaired) electrons. The summed E-state index contributed by atoms with van der Waals surface area (Å²) in [5.74, 6) is -0.0448. The number of carbonyl (C=O) groups is 3. The van der Waals surface area contributed by atoms with E-state index in [1.165, 1.54) is 7.11 Å². The van der Waals surface area contributed by atoms with E-state index in [4.69, 9.17) is 21.1 Å². The van der Waals surface area contributed by atoms with Crippen LogP contribution in [-0.4, -0.2) is 31.6 Å². The molecule has 0 bridgehead atoms. The lowest BCUT2D eigenvalue weighted by Crippen LogP contribution is -2.30. The van der Waals surface area contributed by atoms with Crippen LogP contribution in [0.1, 0.15) is 5.56 Å². The molecule has 8 nitrogen and oxygen atoms in total. The molecule has 0 atom stereocenters. The zero-order valence-electron chi connectivity index (χ0n) is 18.4. The molecule has 3 aromatic rings. The Balaban J connectivity index is 1.50. The van der Waals surface area contributed by atoms with Crippen molar-refractivity contribution in [3.05, 3.63) is 86.6 Å². The van der Waals surface area contributed by atoms with Gasteiger partial charge in [-0.2, -0.15) is 0 Å². The van der Waals surface area contributed by atoms with Crippen molar-refractivity contribution in [1.29, 1.82) is 0 Å². The predicted molar refractivity (Wildman–Crippen MR) is 142 cm³/mol. The van der Waals surface area contributed by atoms with E-state index in [0.29, 0.717) is 37.0 Å². The number of halogens is 2. The summed E-state index contributed by atoms with van der Waals surface area (Å²) in [5, 5.41) is 5.84. The van der Waals surface area contributed by atoms with Crippen LogP contribution in [-0.2, 0) is 9.59 Å². The molecule has 35 heavy (non-hydrogen) atoms. The normalized spacial score (nSPS) is 14.1. The largest absolute Gasteiger partial charge is 0.493 e. The molecule has 1 aliphatic rings. The fourth-order valence-electron chi connectivity index (χ4n) is 3.35. The molecule has 0 aromatic heterocycles. The zero-order chi connectivity index (χ0) is 24.9. The maximum Gasteiger partial charge on any atom is 0.333 e. The van der Waals surface area contributed by atoms with Gasteiger partial charge in [-0.25, -0.2) is 9.69 Å². The molecular weight excluding hydrogens is 585 g/mol. The Morgan fingerprint density at radius 3 is 2.51 bits per heavy atom. The first-order valence-electron chi connectivity index (χ1n) is 10.3. The molecule has 1 saturated heterocycles. The van der Waals surface area contributed by atoms with Gasteiger partial charge in [0.25, 0.3) is 11.8 Å². The van der Waals surface area contributed by atoms with Crippen molar-refractivity contribution >= 4 is 69.5 Å². The van der Waals surface area contributed by atoms with Crippen molar-refractivity contribution < 1.29 is 23.9 Å². The van der Waals surface area contributed by atoms with Gasteiger partial charge in [-0.05, 0) is 82.8 Å². The number of imide groups is 1. The summed E-state index contributed by atoms with van der Waals surface area (Å²) in [6.07, 6.45) is 1.55.